The highest BCUT2D eigenvalue weighted by Crippen LogP contribution is 2.09. The van der Waals surface area contributed by atoms with Crippen LogP contribution in [0.25, 0.3) is 0 Å². The number of hydrogen-bond donors (Lipinski definition) is 0. The fraction of sp³-hybridized carbons (Fsp3) is 0.667. The van der Waals surface area contributed by atoms with Crippen molar-refractivity contribution in [2.24, 2.45) is 0 Å². The SMILES string of the molecule is CC(C)(C)OC(=O)N(CC=O)CC(=O)I. The van der Waals surface area contributed by atoms with E-state index < -0.39 is 11.7 Å². The predicted molar refractivity (Wildman–Crippen MR) is 62.9 cm³/mol. The molecule has 0 aliphatic heterocycles. The molecule has 0 heterocycles. The molecule has 0 bridgehead atoms. The third-order valence-electron chi connectivity index (χ3n) is 1.26. The lowest BCUT2D eigenvalue weighted by Gasteiger charge is -2.25. The van der Waals surface area contributed by atoms with Crippen LogP contribution in [0.3, 0.4) is 0 Å². The molecule has 0 N–H and O–H groups in total. The fourth-order valence-electron chi connectivity index (χ4n) is 0.770. The zero-order valence-electron chi connectivity index (χ0n) is 8.95. The van der Waals surface area contributed by atoms with Crippen LogP contribution < -0.4 is 0 Å². The second-order valence-electron chi connectivity index (χ2n) is 3.88. The van der Waals surface area contributed by atoms with E-state index in [1.807, 2.05) is 0 Å². The summed E-state index contributed by atoms with van der Waals surface area (Å²) in [6, 6.07) is 0. The van der Waals surface area contributed by atoms with Gasteiger partial charge < -0.3 is 9.53 Å². The van der Waals surface area contributed by atoms with E-state index in [2.05, 4.69) is 0 Å². The Morgan fingerprint density at radius 3 is 2.27 bits per heavy atom. The third kappa shape index (κ3) is 7.29. The molecule has 86 valence electrons. The maximum Gasteiger partial charge on any atom is 0.411 e. The topological polar surface area (TPSA) is 63.7 Å². The van der Waals surface area contributed by atoms with Crippen molar-refractivity contribution in [3.05, 3.63) is 0 Å². The number of nitrogens with zero attached hydrogens (tertiary/aromatic N) is 1. The van der Waals surface area contributed by atoms with E-state index in [1.165, 1.54) is 0 Å². The zero-order valence-corrected chi connectivity index (χ0v) is 11.1. The minimum Gasteiger partial charge on any atom is -0.444 e. The molecule has 5 nitrogen and oxygen atoms in total. The van der Waals surface area contributed by atoms with E-state index >= 15 is 0 Å². The van der Waals surface area contributed by atoms with Crippen molar-refractivity contribution in [3.8, 4) is 0 Å². The van der Waals surface area contributed by atoms with Crippen LogP contribution >= 0.6 is 22.6 Å². The number of halogens is 1. The van der Waals surface area contributed by atoms with Crippen molar-refractivity contribution in [3.63, 3.8) is 0 Å². The van der Waals surface area contributed by atoms with E-state index in [4.69, 9.17) is 4.74 Å². The second-order valence-corrected chi connectivity index (χ2v) is 5.09. The average molecular weight is 327 g/mol. The van der Waals surface area contributed by atoms with Crippen LogP contribution in [0.15, 0.2) is 0 Å². The van der Waals surface area contributed by atoms with Crippen LogP contribution in [0.1, 0.15) is 20.8 Å². The fourth-order valence-corrected chi connectivity index (χ4v) is 1.18. The van der Waals surface area contributed by atoms with Gasteiger partial charge in [0, 0.05) is 22.6 Å². The number of aldehydes is 1. The highest BCUT2D eigenvalue weighted by atomic mass is 127. The molecule has 6 heteroatoms. The van der Waals surface area contributed by atoms with Crippen LogP contribution in [0.4, 0.5) is 4.79 Å². The normalized spacial score (nSPS) is 10.7. The lowest BCUT2D eigenvalue weighted by atomic mass is 10.2. The maximum atomic E-state index is 11.5. The largest absolute Gasteiger partial charge is 0.444 e. The van der Waals surface area contributed by atoms with Gasteiger partial charge in [-0.05, 0) is 20.8 Å². The summed E-state index contributed by atoms with van der Waals surface area (Å²) in [7, 11) is 0. The standard InChI is InChI=1S/C9H14INO4/c1-9(2,3)15-8(14)11(4-5-12)6-7(10)13/h5H,4,6H2,1-3H3. The Hall–Kier alpha value is -0.660. The molecule has 0 aromatic carbocycles. The Labute approximate surface area is 102 Å². The molecule has 15 heavy (non-hydrogen) atoms. The van der Waals surface area contributed by atoms with Crippen molar-refractivity contribution in [1.29, 1.82) is 0 Å². The van der Waals surface area contributed by atoms with Gasteiger partial charge in [-0.15, -0.1) is 0 Å². The van der Waals surface area contributed by atoms with E-state index in [1.54, 1.807) is 43.4 Å². The van der Waals surface area contributed by atoms with Gasteiger partial charge in [0.05, 0.1) is 13.1 Å². The Morgan fingerprint density at radius 1 is 1.40 bits per heavy atom. The van der Waals surface area contributed by atoms with Gasteiger partial charge in [-0.2, -0.15) is 0 Å². The van der Waals surface area contributed by atoms with Gasteiger partial charge in [0.15, 0.2) is 0 Å². The van der Waals surface area contributed by atoms with Gasteiger partial charge in [-0.25, -0.2) is 4.79 Å². The Bertz CT molecular complexity index is 259. The highest BCUT2D eigenvalue weighted by Gasteiger charge is 2.22. The quantitative estimate of drug-likeness (QED) is 0.445. The first kappa shape index (κ1) is 14.3. The van der Waals surface area contributed by atoms with Crippen molar-refractivity contribution >= 4 is 38.8 Å². The van der Waals surface area contributed by atoms with Gasteiger partial charge in [0.25, 0.3) is 0 Å². The summed E-state index contributed by atoms with van der Waals surface area (Å²) in [6.07, 6.45) is -0.0941. The summed E-state index contributed by atoms with van der Waals surface area (Å²) in [4.78, 5) is 33.7. The summed E-state index contributed by atoms with van der Waals surface area (Å²) in [6.45, 7) is 4.90. The smallest absolute Gasteiger partial charge is 0.411 e. The molecular formula is C9H14INO4. The number of carbonyl (C=O) groups excluding carboxylic acids is 3. The third-order valence-corrected chi connectivity index (χ3v) is 1.60. The molecular weight excluding hydrogens is 313 g/mol. The highest BCUT2D eigenvalue weighted by molar-refractivity contribution is 14.1. The van der Waals surface area contributed by atoms with E-state index in [9.17, 15) is 14.4 Å². The molecule has 0 rings (SSSR count). The van der Waals surface area contributed by atoms with Gasteiger partial charge in [-0.3, -0.25) is 9.69 Å². The van der Waals surface area contributed by atoms with Crippen molar-refractivity contribution < 1.29 is 19.1 Å². The number of rotatable bonds is 4. The van der Waals surface area contributed by atoms with Crippen molar-refractivity contribution in [1.82, 2.24) is 4.90 Å². The molecule has 0 saturated heterocycles. The summed E-state index contributed by atoms with van der Waals surface area (Å²) in [5.41, 5.74) is -0.632. The Balaban J connectivity index is 4.41. The molecule has 0 aliphatic rings. The second kappa shape index (κ2) is 6.04. The minimum atomic E-state index is -0.653. The first-order chi connectivity index (χ1) is 6.76. The van der Waals surface area contributed by atoms with Crippen LogP contribution in [-0.2, 0) is 14.3 Å². The Morgan fingerprint density at radius 2 is 1.93 bits per heavy atom. The number of carbonyl (C=O) groups is 3. The number of amides is 1. The van der Waals surface area contributed by atoms with E-state index in [-0.39, 0.29) is 16.9 Å². The first-order valence-corrected chi connectivity index (χ1v) is 5.44. The molecule has 1 amide bonds. The molecule has 0 aliphatic carbocycles. The van der Waals surface area contributed by atoms with Gasteiger partial charge in [-0.1, -0.05) is 0 Å². The van der Waals surface area contributed by atoms with Gasteiger partial charge in [0.2, 0.25) is 3.79 Å². The molecule has 0 saturated carbocycles. The average Bonchev–Trinajstić information content (AvgIpc) is 1.99. The van der Waals surface area contributed by atoms with Crippen LogP contribution in [-0.4, -0.2) is 39.8 Å². The Kier molecular flexibility index (Phi) is 5.77. The molecule has 0 aromatic heterocycles. The summed E-state index contributed by atoms with van der Waals surface area (Å²) >= 11 is 1.56. The summed E-state index contributed by atoms with van der Waals surface area (Å²) < 4.78 is 4.80. The van der Waals surface area contributed by atoms with Gasteiger partial charge in [0.1, 0.15) is 11.9 Å². The molecule has 0 fully saturated rings. The predicted octanol–water partition coefficient (Wildman–Crippen LogP) is 1.38. The van der Waals surface area contributed by atoms with Crippen LogP contribution in [0.5, 0.6) is 0 Å². The molecule has 0 radical (unpaired) electrons. The summed E-state index contributed by atoms with van der Waals surface area (Å²) in [5, 5.41) is 0. The van der Waals surface area contributed by atoms with Crippen molar-refractivity contribution in [2.45, 2.75) is 26.4 Å². The van der Waals surface area contributed by atoms with E-state index in [0.717, 1.165) is 4.90 Å². The van der Waals surface area contributed by atoms with Crippen LogP contribution in [0.2, 0.25) is 0 Å². The molecule has 0 unspecified atom stereocenters. The zero-order chi connectivity index (χ0) is 12.1. The first-order valence-electron chi connectivity index (χ1n) is 4.36. The lowest BCUT2D eigenvalue weighted by Crippen LogP contribution is -2.39. The minimum absolute atomic E-state index is 0.117. The van der Waals surface area contributed by atoms with Crippen LogP contribution in [0, 0.1) is 0 Å². The molecule has 0 aromatic rings. The summed E-state index contributed by atoms with van der Waals surface area (Å²) in [5.74, 6) is 0. The van der Waals surface area contributed by atoms with Gasteiger partial charge >= 0.3 is 6.09 Å². The van der Waals surface area contributed by atoms with Crippen molar-refractivity contribution in [2.75, 3.05) is 13.1 Å². The van der Waals surface area contributed by atoms with E-state index in [0.29, 0.717) is 6.29 Å². The molecule has 0 atom stereocenters. The number of hydrogen-bond acceptors (Lipinski definition) is 4. The number of ether oxygens (including phenoxy) is 1. The molecule has 0 spiro atoms. The monoisotopic (exact) mass is 327 g/mol. The lowest BCUT2D eigenvalue weighted by molar-refractivity contribution is -0.112. The maximum absolute atomic E-state index is 11.5.